The number of nitrogens with one attached hydrogen (secondary N) is 2. The molecule has 0 aliphatic heterocycles. The molecule has 20 heavy (non-hydrogen) atoms. The molecule has 2 amide bonds. The summed E-state index contributed by atoms with van der Waals surface area (Å²) in [6.45, 7) is 0.842. The summed E-state index contributed by atoms with van der Waals surface area (Å²) in [5.74, 6) is -0.850. The molecule has 0 saturated carbocycles. The molecule has 106 valence electrons. The van der Waals surface area contributed by atoms with Crippen molar-refractivity contribution in [3.63, 3.8) is 0 Å². The predicted octanol–water partition coefficient (Wildman–Crippen LogP) is 2.57. The minimum Gasteiger partial charge on any atom is -0.481 e. The number of urea groups is 1. The third-order valence-corrected chi connectivity index (χ3v) is 3.87. The lowest BCUT2D eigenvalue weighted by molar-refractivity contribution is -0.137. The van der Waals surface area contributed by atoms with Crippen molar-refractivity contribution in [1.29, 1.82) is 0 Å². The fourth-order valence-electron chi connectivity index (χ4n) is 1.80. The van der Waals surface area contributed by atoms with Crippen molar-refractivity contribution in [2.75, 3.05) is 6.54 Å². The van der Waals surface area contributed by atoms with Gasteiger partial charge in [-0.15, -0.1) is 11.3 Å². The maximum absolute atomic E-state index is 11.5. The van der Waals surface area contributed by atoms with Crippen molar-refractivity contribution < 1.29 is 14.7 Å². The van der Waals surface area contributed by atoms with Gasteiger partial charge in [0.15, 0.2) is 0 Å². The molecule has 0 spiro atoms. The second-order valence-corrected chi connectivity index (χ2v) is 5.53. The van der Waals surface area contributed by atoms with Crippen molar-refractivity contribution >= 4 is 33.4 Å². The Bertz CT molecular complexity index is 576. The molecule has 0 saturated heterocycles. The third-order valence-electron chi connectivity index (χ3n) is 2.75. The molecule has 0 fully saturated rings. The first-order valence-electron chi connectivity index (χ1n) is 6.36. The van der Waals surface area contributed by atoms with Crippen molar-refractivity contribution in [3.8, 4) is 0 Å². The Morgan fingerprint density at radius 1 is 1.20 bits per heavy atom. The number of fused-ring (bicyclic) bond motifs is 1. The van der Waals surface area contributed by atoms with Gasteiger partial charge in [0.1, 0.15) is 0 Å². The molecule has 2 rings (SSSR count). The highest BCUT2D eigenvalue weighted by Crippen LogP contribution is 2.24. The second kappa shape index (κ2) is 6.91. The summed E-state index contributed by atoms with van der Waals surface area (Å²) in [7, 11) is 0. The van der Waals surface area contributed by atoms with E-state index in [0.29, 0.717) is 19.5 Å². The number of benzene rings is 1. The molecule has 1 aromatic heterocycles. The summed E-state index contributed by atoms with van der Waals surface area (Å²) < 4.78 is 1.20. The van der Waals surface area contributed by atoms with Gasteiger partial charge in [0, 0.05) is 22.5 Å². The van der Waals surface area contributed by atoms with E-state index in [1.165, 1.54) is 10.1 Å². The number of hydrogen-bond donors (Lipinski definition) is 3. The lowest BCUT2D eigenvalue weighted by Gasteiger charge is -2.05. The Morgan fingerprint density at radius 2 is 2.00 bits per heavy atom. The fraction of sp³-hybridized carbons (Fsp3) is 0.286. The molecule has 3 N–H and O–H groups in total. The number of hydrogen-bond acceptors (Lipinski definition) is 3. The molecule has 1 aromatic carbocycles. The summed E-state index contributed by atoms with van der Waals surface area (Å²) in [6, 6.07) is 9.86. The Balaban J connectivity index is 1.74. The van der Waals surface area contributed by atoms with Crippen LogP contribution in [0.4, 0.5) is 4.79 Å². The van der Waals surface area contributed by atoms with E-state index in [9.17, 15) is 9.59 Å². The molecule has 0 atom stereocenters. The van der Waals surface area contributed by atoms with E-state index in [-0.39, 0.29) is 12.5 Å². The number of carboxylic acids is 1. The van der Waals surface area contributed by atoms with Crippen LogP contribution < -0.4 is 10.6 Å². The predicted molar refractivity (Wildman–Crippen MR) is 78.9 cm³/mol. The Kier molecular flexibility index (Phi) is 4.95. The van der Waals surface area contributed by atoms with Crippen LogP contribution in [0.5, 0.6) is 0 Å². The van der Waals surface area contributed by atoms with E-state index in [2.05, 4.69) is 22.8 Å². The van der Waals surface area contributed by atoms with Gasteiger partial charge in [-0.3, -0.25) is 4.79 Å². The van der Waals surface area contributed by atoms with E-state index in [1.807, 2.05) is 18.2 Å². The zero-order valence-electron chi connectivity index (χ0n) is 10.9. The zero-order chi connectivity index (χ0) is 14.4. The van der Waals surface area contributed by atoms with Crippen LogP contribution in [0.1, 0.15) is 17.7 Å². The van der Waals surface area contributed by atoms with Crippen LogP contribution in [0.3, 0.4) is 0 Å². The molecule has 0 aliphatic rings. The normalized spacial score (nSPS) is 10.4. The molecule has 0 aliphatic carbocycles. The van der Waals surface area contributed by atoms with Gasteiger partial charge in [0.05, 0.1) is 6.54 Å². The standard InChI is InChI=1S/C14H16N2O3S/c17-13(18)6-3-7-15-14(19)16-9-11-8-10-4-1-2-5-12(10)20-11/h1-2,4-5,8H,3,6-7,9H2,(H,17,18)(H2,15,16,19). The largest absolute Gasteiger partial charge is 0.481 e. The first kappa shape index (κ1) is 14.3. The van der Waals surface area contributed by atoms with Crippen molar-refractivity contribution in [2.45, 2.75) is 19.4 Å². The summed E-state index contributed by atoms with van der Waals surface area (Å²) >= 11 is 1.65. The van der Waals surface area contributed by atoms with Crippen molar-refractivity contribution in [3.05, 3.63) is 35.2 Å². The summed E-state index contributed by atoms with van der Waals surface area (Å²) in [6.07, 6.45) is 0.502. The van der Waals surface area contributed by atoms with Gasteiger partial charge in [-0.1, -0.05) is 18.2 Å². The van der Waals surface area contributed by atoms with Crippen LogP contribution in [-0.2, 0) is 11.3 Å². The molecular formula is C14H16N2O3S. The summed E-state index contributed by atoms with van der Waals surface area (Å²) in [4.78, 5) is 22.9. The van der Waals surface area contributed by atoms with Crippen molar-refractivity contribution in [1.82, 2.24) is 10.6 Å². The maximum Gasteiger partial charge on any atom is 0.315 e. The van der Waals surface area contributed by atoms with Crippen LogP contribution in [0.15, 0.2) is 30.3 Å². The van der Waals surface area contributed by atoms with Crippen LogP contribution >= 0.6 is 11.3 Å². The minimum absolute atomic E-state index is 0.0661. The third kappa shape index (κ3) is 4.24. The van der Waals surface area contributed by atoms with Gasteiger partial charge in [0.25, 0.3) is 0 Å². The molecule has 0 radical (unpaired) electrons. The SMILES string of the molecule is O=C(O)CCCNC(=O)NCc1cc2ccccc2s1. The van der Waals surface area contributed by atoms with Gasteiger partial charge >= 0.3 is 12.0 Å². The zero-order valence-corrected chi connectivity index (χ0v) is 11.7. The molecule has 0 bridgehead atoms. The minimum atomic E-state index is -0.850. The smallest absolute Gasteiger partial charge is 0.315 e. The lowest BCUT2D eigenvalue weighted by Crippen LogP contribution is -2.35. The average molecular weight is 292 g/mol. The fourth-order valence-corrected chi connectivity index (χ4v) is 2.80. The second-order valence-electron chi connectivity index (χ2n) is 4.36. The number of rotatable bonds is 6. The number of thiophene rings is 1. The van der Waals surface area contributed by atoms with E-state index >= 15 is 0 Å². The monoisotopic (exact) mass is 292 g/mol. The number of carbonyl (C=O) groups is 2. The number of carbonyl (C=O) groups excluding carboxylic acids is 1. The topological polar surface area (TPSA) is 78.4 Å². The number of amides is 2. The van der Waals surface area contributed by atoms with Gasteiger partial charge in [-0.2, -0.15) is 0 Å². The van der Waals surface area contributed by atoms with Gasteiger partial charge < -0.3 is 15.7 Å². The maximum atomic E-state index is 11.5. The van der Waals surface area contributed by atoms with E-state index < -0.39 is 5.97 Å². The van der Waals surface area contributed by atoms with Crippen LogP contribution in [0, 0.1) is 0 Å². The van der Waals surface area contributed by atoms with Crippen LogP contribution in [-0.4, -0.2) is 23.7 Å². The van der Waals surface area contributed by atoms with E-state index in [1.54, 1.807) is 11.3 Å². The molecule has 1 heterocycles. The Hall–Kier alpha value is -2.08. The Morgan fingerprint density at radius 3 is 2.75 bits per heavy atom. The van der Waals surface area contributed by atoms with Gasteiger partial charge in [-0.05, 0) is 23.9 Å². The summed E-state index contributed by atoms with van der Waals surface area (Å²) in [5.41, 5.74) is 0. The number of aliphatic carboxylic acids is 1. The Labute approximate surface area is 120 Å². The molecular weight excluding hydrogens is 276 g/mol. The molecule has 2 aromatic rings. The highest BCUT2D eigenvalue weighted by molar-refractivity contribution is 7.19. The van der Waals surface area contributed by atoms with Gasteiger partial charge in [-0.25, -0.2) is 4.79 Å². The van der Waals surface area contributed by atoms with Crippen LogP contribution in [0.25, 0.3) is 10.1 Å². The molecule has 6 heteroatoms. The number of carboxylic acid groups (broad SMARTS) is 1. The highest BCUT2D eigenvalue weighted by atomic mass is 32.1. The highest BCUT2D eigenvalue weighted by Gasteiger charge is 2.04. The van der Waals surface area contributed by atoms with Crippen LogP contribution in [0.2, 0.25) is 0 Å². The lowest BCUT2D eigenvalue weighted by atomic mass is 10.2. The first-order valence-corrected chi connectivity index (χ1v) is 7.18. The average Bonchev–Trinajstić information content (AvgIpc) is 2.84. The molecule has 0 unspecified atom stereocenters. The van der Waals surface area contributed by atoms with E-state index in [4.69, 9.17) is 5.11 Å². The van der Waals surface area contributed by atoms with E-state index in [0.717, 1.165) is 4.88 Å². The first-order chi connectivity index (χ1) is 9.65. The van der Waals surface area contributed by atoms with Gasteiger partial charge in [0.2, 0.25) is 0 Å². The molecule has 5 nitrogen and oxygen atoms in total. The van der Waals surface area contributed by atoms with Crippen molar-refractivity contribution in [2.24, 2.45) is 0 Å². The summed E-state index contributed by atoms with van der Waals surface area (Å²) in [5, 5.41) is 15.0. The quantitative estimate of drug-likeness (QED) is 0.716.